The molecule has 4 heteroatoms. The van der Waals surface area contributed by atoms with Crippen LogP contribution in [-0.2, 0) is 10.2 Å². The van der Waals surface area contributed by atoms with E-state index in [0.717, 1.165) is 5.76 Å². The molecule has 0 radical (unpaired) electrons. The van der Waals surface area contributed by atoms with Crippen molar-refractivity contribution in [3.8, 4) is 0 Å². The summed E-state index contributed by atoms with van der Waals surface area (Å²) >= 11 is 0. The highest BCUT2D eigenvalue weighted by Gasteiger charge is 2.21. The zero-order valence-corrected chi connectivity index (χ0v) is 11.5. The van der Waals surface area contributed by atoms with E-state index in [2.05, 4.69) is 10.5 Å². The third-order valence-electron chi connectivity index (χ3n) is 2.21. The normalized spacial score (nSPS) is 12.6. The van der Waals surface area contributed by atoms with Crippen LogP contribution >= 0.6 is 0 Å². The van der Waals surface area contributed by atoms with Gasteiger partial charge >= 0.3 is 0 Å². The molecule has 1 heterocycles. The lowest BCUT2D eigenvalue weighted by Crippen LogP contribution is -2.19. The van der Waals surface area contributed by atoms with E-state index < -0.39 is 0 Å². The van der Waals surface area contributed by atoms with E-state index in [-0.39, 0.29) is 16.7 Å². The molecule has 1 N–H and O–H groups in total. The van der Waals surface area contributed by atoms with Crippen molar-refractivity contribution in [2.75, 3.05) is 5.32 Å². The molecular weight excluding hydrogens is 216 g/mol. The first-order valence-electron chi connectivity index (χ1n) is 5.85. The fourth-order valence-corrected chi connectivity index (χ4v) is 1.36. The van der Waals surface area contributed by atoms with Gasteiger partial charge < -0.3 is 9.84 Å². The number of hydrogen-bond acceptors (Lipinski definition) is 3. The Hall–Kier alpha value is -1.32. The number of amides is 1. The van der Waals surface area contributed by atoms with Crippen LogP contribution in [0.1, 0.15) is 53.7 Å². The molecule has 1 rings (SSSR count). The highest BCUT2D eigenvalue weighted by Crippen LogP contribution is 2.25. The lowest BCUT2D eigenvalue weighted by Gasteiger charge is -2.16. The SMILES string of the molecule is CC(C)(C)CC(=O)Nc1cc(C(C)(C)C)on1. The summed E-state index contributed by atoms with van der Waals surface area (Å²) in [4.78, 5) is 11.7. The Morgan fingerprint density at radius 1 is 1.29 bits per heavy atom. The van der Waals surface area contributed by atoms with Crippen LogP contribution in [0.4, 0.5) is 5.82 Å². The zero-order valence-electron chi connectivity index (χ0n) is 11.5. The van der Waals surface area contributed by atoms with Crippen LogP contribution in [0.5, 0.6) is 0 Å². The molecule has 0 aromatic carbocycles. The average molecular weight is 238 g/mol. The van der Waals surface area contributed by atoms with Crippen molar-refractivity contribution in [1.29, 1.82) is 0 Å². The molecule has 0 fully saturated rings. The summed E-state index contributed by atoms with van der Waals surface area (Å²) in [5.41, 5.74) is -0.124. The quantitative estimate of drug-likeness (QED) is 0.859. The molecule has 0 aliphatic heterocycles. The summed E-state index contributed by atoms with van der Waals surface area (Å²) in [6.07, 6.45) is 0.463. The van der Waals surface area contributed by atoms with Crippen LogP contribution < -0.4 is 5.32 Å². The van der Waals surface area contributed by atoms with E-state index in [1.54, 1.807) is 6.07 Å². The molecule has 0 unspecified atom stereocenters. The molecule has 0 aliphatic rings. The number of aromatic nitrogens is 1. The van der Waals surface area contributed by atoms with Gasteiger partial charge in [-0.25, -0.2) is 0 Å². The molecule has 96 valence electrons. The summed E-state index contributed by atoms with van der Waals surface area (Å²) < 4.78 is 5.20. The number of carbonyl (C=O) groups excluding carboxylic acids is 1. The zero-order chi connectivity index (χ0) is 13.3. The minimum atomic E-state index is -0.0972. The molecule has 0 saturated carbocycles. The Morgan fingerprint density at radius 2 is 1.88 bits per heavy atom. The highest BCUT2D eigenvalue weighted by molar-refractivity contribution is 5.90. The highest BCUT2D eigenvalue weighted by atomic mass is 16.5. The first kappa shape index (κ1) is 13.7. The van der Waals surface area contributed by atoms with E-state index in [9.17, 15) is 4.79 Å². The van der Waals surface area contributed by atoms with Crippen LogP contribution in [0, 0.1) is 5.41 Å². The monoisotopic (exact) mass is 238 g/mol. The number of carbonyl (C=O) groups is 1. The first-order valence-corrected chi connectivity index (χ1v) is 5.85. The molecular formula is C13H22N2O2. The summed E-state index contributed by atoms with van der Waals surface area (Å²) in [6, 6.07) is 1.78. The molecule has 0 saturated heterocycles. The molecule has 17 heavy (non-hydrogen) atoms. The van der Waals surface area contributed by atoms with Crippen LogP contribution in [-0.4, -0.2) is 11.1 Å². The molecule has 4 nitrogen and oxygen atoms in total. The van der Waals surface area contributed by atoms with E-state index in [1.165, 1.54) is 0 Å². The fraction of sp³-hybridized carbons (Fsp3) is 0.692. The Kier molecular flexibility index (Phi) is 3.65. The van der Waals surface area contributed by atoms with Gasteiger partial charge in [-0.05, 0) is 5.41 Å². The summed E-state index contributed by atoms with van der Waals surface area (Å²) in [5.74, 6) is 1.22. The van der Waals surface area contributed by atoms with Gasteiger partial charge in [-0.15, -0.1) is 0 Å². The smallest absolute Gasteiger partial charge is 0.226 e. The predicted octanol–water partition coefficient (Wildman–Crippen LogP) is 3.35. The van der Waals surface area contributed by atoms with E-state index >= 15 is 0 Å². The fourth-order valence-electron chi connectivity index (χ4n) is 1.36. The Morgan fingerprint density at radius 3 is 2.29 bits per heavy atom. The molecule has 0 aliphatic carbocycles. The van der Waals surface area contributed by atoms with Crippen LogP contribution in [0.3, 0.4) is 0 Å². The number of anilines is 1. The van der Waals surface area contributed by atoms with Crippen LogP contribution in [0.25, 0.3) is 0 Å². The summed E-state index contributed by atoms with van der Waals surface area (Å²) in [5, 5.41) is 6.59. The first-order chi connectivity index (χ1) is 7.58. The van der Waals surface area contributed by atoms with E-state index in [4.69, 9.17) is 4.52 Å². The molecule has 0 atom stereocenters. The lowest BCUT2D eigenvalue weighted by atomic mass is 9.92. The Bertz CT molecular complexity index is 394. The summed E-state index contributed by atoms with van der Waals surface area (Å²) in [6.45, 7) is 12.2. The maximum absolute atomic E-state index is 11.7. The lowest BCUT2D eigenvalue weighted by molar-refractivity contribution is -0.117. The second-order valence-electron chi connectivity index (χ2n) is 6.61. The number of nitrogens with one attached hydrogen (secondary N) is 1. The van der Waals surface area contributed by atoms with Crippen molar-refractivity contribution in [2.45, 2.75) is 53.4 Å². The second kappa shape index (κ2) is 4.51. The number of rotatable bonds is 2. The average Bonchev–Trinajstić information content (AvgIpc) is 2.47. The summed E-state index contributed by atoms with van der Waals surface area (Å²) in [7, 11) is 0. The van der Waals surface area contributed by atoms with Gasteiger partial charge in [-0.1, -0.05) is 46.7 Å². The van der Waals surface area contributed by atoms with Crippen molar-refractivity contribution in [3.05, 3.63) is 11.8 Å². The third kappa shape index (κ3) is 4.59. The molecule has 0 bridgehead atoms. The maximum atomic E-state index is 11.7. The van der Waals surface area contributed by atoms with Gasteiger partial charge in [0.1, 0.15) is 5.76 Å². The second-order valence-corrected chi connectivity index (χ2v) is 6.61. The largest absolute Gasteiger partial charge is 0.359 e. The Labute approximate surface area is 103 Å². The minimum Gasteiger partial charge on any atom is -0.359 e. The third-order valence-corrected chi connectivity index (χ3v) is 2.21. The minimum absolute atomic E-state index is 0.0271. The van der Waals surface area contributed by atoms with Crippen LogP contribution in [0.15, 0.2) is 10.6 Å². The van der Waals surface area contributed by atoms with Crippen molar-refractivity contribution >= 4 is 11.7 Å². The predicted molar refractivity (Wildman–Crippen MR) is 67.9 cm³/mol. The van der Waals surface area contributed by atoms with Gasteiger partial charge in [0, 0.05) is 17.9 Å². The van der Waals surface area contributed by atoms with Crippen molar-refractivity contribution < 1.29 is 9.32 Å². The van der Waals surface area contributed by atoms with Crippen LogP contribution in [0.2, 0.25) is 0 Å². The Balaban J connectivity index is 2.65. The van der Waals surface area contributed by atoms with Crippen molar-refractivity contribution in [2.24, 2.45) is 5.41 Å². The molecule has 1 amide bonds. The van der Waals surface area contributed by atoms with Gasteiger partial charge in [0.05, 0.1) is 0 Å². The standard InChI is InChI=1S/C13H22N2O2/c1-12(2,3)8-11(16)14-10-7-9(17-15-10)13(4,5)6/h7H,8H2,1-6H3,(H,14,15,16). The molecule has 0 spiro atoms. The number of hydrogen-bond donors (Lipinski definition) is 1. The van der Waals surface area contributed by atoms with Gasteiger partial charge in [0.2, 0.25) is 5.91 Å². The topological polar surface area (TPSA) is 55.1 Å². The van der Waals surface area contributed by atoms with Gasteiger partial charge in [0.25, 0.3) is 0 Å². The van der Waals surface area contributed by atoms with Crippen molar-refractivity contribution in [3.63, 3.8) is 0 Å². The molecule has 1 aromatic heterocycles. The molecule has 1 aromatic rings. The maximum Gasteiger partial charge on any atom is 0.226 e. The van der Waals surface area contributed by atoms with E-state index in [0.29, 0.717) is 12.2 Å². The van der Waals surface area contributed by atoms with Gasteiger partial charge in [-0.2, -0.15) is 0 Å². The van der Waals surface area contributed by atoms with Gasteiger partial charge in [-0.3, -0.25) is 4.79 Å². The van der Waals surface area contributed by atoms with Crippen molar-refractivity contribution in [1.82, 2.24) is 5.16 Å². The number of nitrogens with zero attached hydrogens (tertiary/aromatic N) is 1. The van der Waals surface area contributed by atoms with Gasteiger partial charge in [0.15, 0.2) is 5.82 Å². The van der Waals surface area contributed by atoms with E-state index in [1.807, 2.05) is 41.5 Å².